The van der Waals surface area contributed by atoms with E-state index in [0.717, 1.165) is 0 Å². The standard InChI is InChI=1S/C7H2ClF2NO3/c8-7(12)5-3(9)1-2-4(10)6(5)11(13)14/h1-2H. The number of hydrogen-bond acceptors (Lipinski definition) is 3. The SMILES string of the molecule is O=C(Cl)c1c(F)ccc(F)c1[N+](=O)[O-]. The summed E-state index contributed by atoms with van der Waals surface area (Å²) in [4.78, 5) is 19.7. The van der Waals surface area contributed by atoms with Crippen molar-refractivity contribution in [1.82, 2.24) is 0 Å². The first kappa shape index (κ1) is 10.5. The van der Waals surface area contributed by atoms with Crippen LogP contribution in [0.3, 0.4) is 0 Å². The number of halogens is 3. The number of nitro benzene ring substituents is 1. The summed E-state index contributed by atoms with van der Waals surface area (Å²) in [5.41, 5.74) is -2.30. The third-order valence-corrected chi connectivity index (χ3v) is 1.65. The van der Waals surface area contributed by atoms with Crippen LogP contribution in [0.15, 0.2) is 12.1 Å². The van der Waals surface area contributed by atoms with Gasteiger partial charge in [0.1, 0.15) is 5.82 Å². The third-order valence-electron chi connectivity index (χ3n) is 1.46. The Kier molecular flexibility index (Phi) is 2.76. The Balaban J connectivity index is 3.58. The summed E-state index contributed by atoms with van der Waals surface area (Å²) in [7, 11) is 0. The quantitative estimate of drug-likeness (QED) is 0.437. The van der Waals surface area contributed by atoms with Crippen molar-refractivity contribution in [2.24, 2.45) is 0 Å². The molecule has 0 aromatic heterocycles. The molecule has 0 spiro atoms. The maximum atomic E-state index is 12.9. The summed E-state index contributed by atoms with van der Waals surface area (Å²) in [5, 5.41) is 8.88. The van der Waals surface area contributed by atoms with E-state index in [1.165, 1.54) is 0 Å². The first-order valence-electron chi connectivity index (χ1n) is 3.27. The van der Waals surface area contributed by atoms with E-state index in [2.05, 4.69) is 0 Å². The second-order valence-electron chi connectivity index (χ2n) is 2.28. The van der Waals surface area contributed by atoms with E-state index < -0.39 is 33.1 Å². The Morgan fingerprint density at radius 2 is 1.86 bits per heavy atom. The lowest BCUT2D eigenvalue weighted by Gasteiger charge is -1.99. The lowest BCUT2D eigenvalue weighted by atomic mass is 10.2. The molecular weight excluding hydrogens is 220 g/mol. The van der Waals surface area contributed by atoms with Crippen LogP contribution in [0.25, 0.3) is 0 Å². The van der Waals surface area contributed by atoms with E-state index in [9.17, 15) is 23.7 Å². The Bertz CT molecular complexity index is 383. The molecule has 0 saturated heterocycles. The molecule has 4 nitrogen and oxygen atoms in total. The van der Waals surface area contributed by atoms with Gasteiger partial charge in [0.2, 0.25) is 5.82 Å². The molecule has 0 aliphatic carbocycles. The maximum Gasteiger partial charge on any atom is 0.319 e. The first-order valence-corrected chi connectivity index (χ1v) is 3.65. The second kappa shape index (κ2) is 3.67. The Labute approximate surface area is 81.2 Å². The van der Waals surface area contributed by atoms with Crippen LogP contribution in [-0.4, -0.2) is 10.2 Å². The zero-order valence-corrected chi connectivity index (χ0v) is 7.22. The molecule has 1 aromatic rings. The van der Waals surface area contributed by atoms with Gasteiger partial charge >= 0.3 is 5.69 Å². The average Bonchev–Trinajstić information content (AvgIpc) is 2.07. The topological polar surface area (TPSA) is 60.2 Å². The fourth-order valence-electron chi connectivity index (χ4n) is 0.907. The number of carbonyl (C=O) groups is 1. The van der Waals surface area contributed by atoms with Gasteiger partial charge in [-0.2, -0.15) is 4.39 Å². The number of carbonyl (C=O) groups excluding carboxylic acids is 1. The molecule has 0 atom stereocenters. The molecule has 0 unspecified atom stereocenters. The summed E-state index contributed by atoms with van der Waals surface area (Å²) >= 11 is 4.88. The summed E-state index contributed by atoms with van der Waals surface area (Å²) in [6.07, 6.45) is 0. The van der Waals surface area contributed by atoms with E-state index in [-0.39, 0.29) is 0 Å². The van der Waals surface area contributed by atoms with E-state index in [1.807, 2.05) is 0 Å². The molecule has 74 valence electrons. The highest BCUT2D eigenvalue weighted by atomic mass is 35.5. The lowest BCUT2D eigenvalue weighted by Crippen LogP contribution is -2.04. The number of rotatable bonds is 2. The van der Waals surface area contributed by atoms with Crippen molar-refractivity contribution in [3.63, 3.8) is 0 Å². The maximum absolute atomic E-state index is 12.9. The van der Waals surface area contributed by atoms with E-state index in [0.29, 0.717) is 12.1 Å². The van der Waals surface area contributed by atoms with Crippen LogP contribution >= 0.6 is 11.6 Å². The molecule has 1 aromatic carbocycles. The fraction of sp³-hybridized carbons (Fsp3) is 0. The molecule has 14 heavy (non-hydrogen) atoms. The number of hydrogen-bond donors (Lipinski definition) is 0. The van der Waals surface area contributed by atoms with Crippen LogP contribution in [0.2, 0.25) is 0 Å². The number of nitro groups is 1. The van der Waals surface area contributed by atoms with Gasteiger partial charge in [-0.15, -0.1) is 0 Å². The average molecular weight is 222 g/mol. The van der Waals surface area contributed by atoms with Crippen LogP contribution in [-0.2, 0) is 0 Å². The van der Waals surface area contributed by atoms with Crippen molar-refractivity contribution in [1.29, 1.82) is 0 Å². The van der Waals surface area contributed by atoms with E-state index in [1.54, 1.807) is 0 Å². The zero-order valence-electron chi connectivity index (χ0n) is 6.46. The molecule has 0 fully saturated rings. The number of benzene rings is 1. The van der Waals surface area contributed by atoms with Gasteiger partial charge < -0.3 is 0 Å². The molecule has 0 heterocycles. The van der Waals surface area contributed by atoms with Crippen LogP contribution in [0.5, 0.6) is 0 Å². The van der Waals surface area contributed by atoms with Gasteiger partial charge in [0.05, 0.1) is 4.92 Å². The highest BCUT2D eigenvalue weighted by molar-refractivity contribution is 6.68. The predicted molar refractivity (Wildman–Crippen MR) is 43.2 cm³/mol. The molecule has 1 rings (SSSR count). The number of nitrogens with zero attached hydrogens (tertiary/aromatic N) is 1. The minimum atomic E-state index is -1.41. The molecule has 0 radical (unpaired) electrons. The zero-order chi connectivity index (χ0) is 10.9. The molecule has 7 heteroatoms. The minimum absolute atomic E-state index is 0.552. The van der Waals surface area contributed by atoms with Crippen LogP contribution in [0.4, 0.5) is 14.5 Å². The van der Waals surface area contributed by atoms with Crippen LogP contribution in [0.1, 0.15) is 10.4 Å². The van der Waals surface area contributed by atoms with Crippen molar-refractivity contribution in [3.05, 3.63) is 39.4 Å². The van der Waals surface area contributed by atoms with Crippen LogP contribution < -0.4 is 0 Å². The van der Waals surface area contributed by atoms with Gasteiger partial charge in [0, 0.05) is 0 Å². The van der Waals surface area contributed by atoms with E-state index >= 15 is 0 Å². The monoisotopic (exact) mass is 221 g/mol. The summed E-state index contributed by atoms with van der Waals surface area (Å²) < 4.78 is 25.7. The van der Waals surface area contributed by atoms with E-state index in [4.69, 9.17) is 11.6 Å². The molecule has 0 bridgehead atoms. The molecule has 0 aliphatic heterocycles. The van der Waals surface area contributed by atoms with Gasteiger partial charge in [-0.05, 0) is 23.7 Å². The Morgan fingerprint density at radius 3 is 2.21 bits per heavy atom. The Hall–Kier alpha value is -1.56. The lowest BCUT2D eigenvalue weighted by molar-refractivity contribution is -0.387. The smallest absolute Gasteiger partial charge is 0.275 e. The molecule has 0 N–H and O–H groups in total. The first-order chi connectivity index (χ1) is 6.45. The summed E-state index contributed by atoms with van der Waals surface area (Å²) in [6, 6.07) is 1.15. The van der Waals surface area contributed by atoms with Crippen molar-refractivity contribution in [2.45, 2.75) is 0 Å². The molecule has 0 saturated carbocycles. The van der Waals surface area contributed by atoms with Crippen molar-refractivity contribution in [2.75, 3.05) is 0 Å². The fourth-order valence-corrected chi connectivity index (χ4v) is 1.09. The highest BCUT2D eigenvalue weighted by Gasteiger charge is 2.27. The van der Waals surface area contributed by atoms with Crippen molar-refractivity contribution in [3.8, 4) is 0 Å². The van der Waals surface area contributed by atoms with Gasteiger partial charge in [-0.25, -0.2) is 4.39 Å². The molecule has 0 aliphatic rings. The minimum Gasteiger partial charge on any atom is -0.275 e. The van der Waals surface area contributed by atoms with Gasteiger partial charge in [0.15, 0.2) is 5.56 Å². The predicted octanol–water partition coefficient (Wildman–Crippen LogP) is 2.25. The van der Waals surface area contributed by atoms with Gasteiger partial charge in [0.25, 0.3) is 5.24 Å². The molecule has 0 amide bonds. The summed E-state index contributed by atoms with van der Waals surface area (Å²) in [5.74, 6) is -2.53. The van der Waals surface area contributed by atoms with Crippen molar-refractivity contribution >= 4 is 22.5 Å². The molecular formula is C7H2ClF2NO3. The third kappa shape index (κ3) is 1.69. The van der Waals surface area contributed by atoms with Gasteiger partial charge in [-0.3, -0.25) is 14.9 Å². The largest absolute Gasteiger partial charge is 0.319 e. The Morgan fingerprint density at radius 1 is 1.36 bits per heavy atom. The highest BCUT2D eigenvalue weighted by Crippen LogP contribution is 2.26. The van der Waals surface area contributed by atoms with Crippen molar-refractivity contribution < 1.29 is 18.5 Å². The second-order valence-corrected chi connectivity index (χ2v) is 2.63. The normalized spacial score (nSPS) is 9.93. The summed E-state index contributed by atoms with van der Waals surface area (Å²) in [6.45, 7) is 0. The van der Waals surface area contributed by atoms with Gasteiger partial charge in [-0.1, -0.05) is 0 Å². The van der Waals surface area contributed by atoms with Crippen LogP contribution in [0, 0.1) is 21.7 Å².